The molecule has 7 nitrogen and oxygen atoms in total. The van der Waals surface area contributed by atoms with Gasteiger partial charge in [0.05, 0.1) is 20.6 Å². The van der Waals surface area contributed by atoms with E-state index in [-0.39, 0.29) is 30.2 Å². The van der Waals surface area contributed by atoms with E-state index in [1.54, 1.807) is 4.90 Å². The van der Waals surface area contributed by atoms with Gasteiger partial charge in [-0.05, 0) is 31.4 Å². The van der Waals surface area contributed by atoms with Crippen molar-refractivity contribution in [3.63, 3.8) is 0 Å². The predicted octanol–water partition coefficient (Wildman–Crippen LogP) is 3.06. The summed E-state index contributed by atoms with van der Waals surface area (Å²) in [4.78, 5) is 41.6. The quantitative estimate of drug-likeness (QED) is 0.578. The van der Waals surface area contributed by atoms with Gasteiger partial charge in [-0.2, -0.15) is 0 Å². The summed E-state index contributed by atoms with van der Waals surface area (Å²) >= 11 is 0. The standard InChI is InChI=1S/C22H32N2O5.ClH/c1-5-17(2)20(26)24(18-9-7-6-8-10-18)22(21(27)29-4)12-15-23(16-13-22)14-11-19(25)28-3;/h6-10,17H,5,11-16H2,1-4H3;1H. The summed E-state index contributed by atoms with van der Waals surface area (Å²) in [5, 5.41) is 0. The number of ether oxygens (including phenoxy) is 2. The van der Waals surface area contributed by atoms with Crippen molar-refractivity contribution in [1.82, 2.24) is 4.90 Å². The molecule has 1 aromatic carbocycles. The molecule has 0 bridgehead atoms. The molecule has 1 heterocycles. The van der Waals surface area contributed by atoms with Crippen LogP contribution in [0.5, 0.6) is 0 Å². The van der Waals surface area contributed by atoms with Crippen molar-refractivity contribution in [3.8, 4) is 0 Å². The number of hydrogen-bond donors (Lipinski definition) is 0. The molecule has 0 aliphatic carbocycles. The molecular weight excluding hydrogens is 408 g/mol. The number of carbonyl (C=O) groups excluding carboxylic acids is 3. The highest BCUT2D eigenvalue weighted by atomic mass is 35.5. The molecule has 30 heavy (non-hydrogen) atoms. The Morgan fingerprint density at radius 3 is 2.20 bits per heavy atom. The second kappa shape index (κ2) is 11.9. The van der Waals surface area contributed by atoms with E-state index >= 15 is 0 Å². The van der Waals surface area contributed by atoms with Crippen LogP contribution < -0.4 is 4.90 Å². The maximum atomic E-state index is 13.4. The fourth-order valence-corrected chi connectivity index (χ4v) is 3.76. The number of methoxy groups -OCH3 is 2. The van der Waals surface area contributed by atoms with Crippen LogP contribution in [-0.2, 0) is 23.9 Å². The van der Waals surface area contributed by atoms with Gasteiger partial charge in [-0.15, -0.1) is 12.4 Å². The molecule has 1 amide bonds. The van der Waals surface area contributed by atoms with Crippen molar-refractivity contribution < 1.29 is 23.9 Å². The van der Waals surface area contributed by atoms with Crippen LogP contribution >= 0.6 is 12.4 Å². The molecule has 0 aromatic heterocycles. The van der Waals surface area contributed by atoms with E-state index in [4.69, 9.17) is 9.47 Å². The first-order valence-corrected chi connectivity index (χ1v) is 10.2. The molecule has 1 saturated heterocycles. The van der Waals surface area contributed by atoms with Crippen LogP contribution in [0.15, 0.2) is 30.3 Å². The largest absolute Gasteiger partial charge is 0.469 e. The highest BCUT2D eigenvalue weighted by Gasteiger charge is 2.50. The van der Waals surface area contributed by atoms with Crippen LogP contribution in [0.4, 0.5) is 5.69 Å². The van der Waals surface area contributed by atoms with Crippen LogP contribution in [0.2, 0.25) is 0 Å². The van der Waals surface area contributed by atoms with Crippen LogP contribution in [0, 0.1) is 5.92 Å². The molecule has 0 spiro atoms. The molecule has 168 valence electrons. The zero-order valence-electron chi connectivity index (χ0n) is 18.3. The number of halogens is 1. The minimum absolute atomic E-state index is 0. The summed E-state index contributed by atoms with van der Waals surface area (Å²) in [6, 6.07) is 9.32. The third kappa shape index (κ3) is 5.73. The van der Waals surface area contributed by atoms with Gasteiger partial charge >= 0.3 is 11.9 Å². The molecule has 1 aliphatic rings. The number of piperidine rings is 1. The highest BCUT2D eigenvalue weighted by molar-refractivity contribution is 6.03. The molecule has 8 heteroatoms. The number of para-hydroxylation sites is 1. The van der Waals surface area contributed by atoms with E-state index in [9.17, 15) is 14.4 Å². The highest BCUT2D eigenvalue weighted by Crippen LogP contribution is 2.36. The molecule has 1 atom stereocenters. The minimum Gasteiger partial charge on any atom is -0.469 e. The Labute approximate surface area is 185 Å². The van der Waals surface area contributed by atoms with Gasteiger partial charge in [-0.1, -0.05) is 32.0 Å². The topological polar surface area (TPSA) is 76.2 Å². The maximum Gasteiger partial charge on any atom is 0.332 e. The lowest BCUT2D eigenvalue weighted by Gasteiger charge is -2.47. The van der Waals surface area contributed by atoms with Crippen molar-refractivity contribution in [3.05, 3.63) is 30.3 Å². The minimum atomic E-state index is -1.06. The van der Waals surface area contributed by atoms with Crippen molar-refractivity contribution in [2.24, 2.45) is 5.92 Å². The summed E-state index contributed by atoms with van der Waals surface area (Å²) in [7, 11) is 2.74. The first kappa shape index (κ1) is 25.9. The second-order valence-corrected chi connectivity index (χ2v) is 7.51. The van der Waals surface area contributed by atoms with Crippen LogP contribution in [-0.4, -0.2) is 62.1 Å². The monoisotopic (exact) mass is 440 g/mol. The number of carbonyl (C=O) groups is 3. The van der Waals surface area contributed by atoms with Gasteiger partial charge in [-0.25, -0.2) is 4.79 Å². The third-order valence-electron chi connectivity index (χ3n) is 5.81. The van der Waals surface area contributed by atoms with E-state index in [0.717, 1.165) is 0 Å². The summed E-state index contributed by atoms with van der Waals surface area (Å²) in [6.45, 7) is 5.59. The van der Waals surface area contributed by atoms with Gasteiger partial charge in [0, 0.05) is 31.2 Å². The average molecular weight is 441 g/mol. The Balaban J connectivity index is 0.00000450. The second-order valence-electron chi connectivity index (χ2n) is 7.51. The lowest BCUT2D eigenvalue weighted by atomic mass is 9.83. The van der Waals surface area contributed by atoms with Gasteiger partial charge < -0.3 is 14.4 Å². The van der Waals surface area contributed by atoms with Gasteiger partial charge in [0.2, 0.25) is 5.91 Å². The smallest absolute Gasteiger partial charge is 0.332 e. The molecule has 1 fully saturated rings. The number of nitrogens with zero attached hydrogens (tertiary/aromatic N) is 2. The molecule has 1 unspecified atom stereocenters. The normalized spacial score (nSPS) is 16.7. The SMILES string of the molecule is CCC(C)C(=O)N(c1ccccc1)C1(C(=O)OC)CCN(CCC(=O)OC)CC1.Cl. The predicted molar refractivity (Wildman–Crippen MR) is 118 cm³/mol. The zero-order valence-corrected chi connectivity index (χ0v) is 19.1. The van der Waals surface area contributed by atoms with Gasteiger partial charge in [-0.3, -0.25) is 14.5 Å². The Bertz CT molecular complexity index is 705. The third-order valence-corrected chi connectivity index (χ3v) is 5.81. The molecule has 0 saturated carbocycles. The van der Waals surface area contributed by atoms with E-state index in [2.05, 4.69) is 4.90 Å². The summed E-state index contributed by atoms with van der Waals surface area (Å²) in [6.07, 6.45) is 1.87. The molecule has 0 radical (unpaired) electrons. The first-order valence-electron chi connectivity index (χ1n) is 10.2. The van der Waals surface area contributed by atoms with Gasteiger partial charge in [0.25, 0.3) is 0 Å². The van der Waals surface area contributed by atoms with E-state index in [1.807, 2.05) is 44.2 Å². The Morgan fingerprint density at radius 2 is 1.70 bits per heavy atom. The average Bonchev–Trinajstić information content (AvgIpc) is 2.77. The van der Waals surface area contributed by atoms with Gasteiger partial charge in [0.1, 0.15) is 5.54 Å². The number of benzene rings is 1. The first-order chi connectivity index (χ1) is 13.9. The number of esters is 2. The van der Waals surface area contributed by atoms with Crippen molar-refractivity contribution in [2.45, 2.75) is 45.1 Å². The number of likely N-dealkylation sites (tertiary alicyclic amines) is 1. The van der Waals surface area contributed by atoms with E-state index < -0.39 is 11.5 Å². The maximum absolute atomic E-state index is 13.4. The summed E-state index contributed by atoms with van der Waals surface area (Å²) < 4.78 is 9.90. The number of hydrogen-bond acceptors (Lipinski definition) is 6. The molecule has 1 aliphatic heterocycles. The van der Waals surface area contributed by atoms with Crippen LogP contribution in [0.25, 0.3) is 0 Å². The molecule has 0 N–H and O–H groups in total. The van der Waals surface area contributed by atoms with Gasteiger partial charge in [0.15, 0.2) is 0 Å². The van der Waals surface area contributed by atoms with E-state index in [1.165, 1.54) is 14.2 Å². The Hall–Kier alpha value is -2.12. The summed E-state index contributed by atoms with van der Waals surface area (Å²) in [5.74, 6) is -0.945. The zero-order chi connectivity index (χ0) is 21.4. The lowest BCUT2D eigenvalue weighted by molar-refractivity contribution is -0.151. The molecule has 2 rings (SSSR count). The number of anilines is 1. The van der Waals surface area contributed by atoms with Crippen molar-refractivity contribution >= 4 is 35.9 Å². The Morgan fingerprint density at radius 1 is 1.10 bits per heavy atom. The van der Waals surface area contributed by atoms with E-state index in [0.29, 0.717) is 51.0 Å². The van der Waals surface area contributed by atoms with Crippen molar-refractivity contribution in [1.29, 1.82) is 0 Å². The number of amides is 1. The Kier molecular flexibility index (Phi) is 10.3. The van der Waals surface area contributed by atoms with Crippen LogP contribution in [0.1, 0.15) is 39.5 Å². The number of rotatable bonds is 8. The fraction of sp³-hybridized carbons (Fsp3) is 0.591. The lowest BCUT2D eigenvalue weighted by Crippen LogP contribution is -2.63. The van der Waals surface area contributed by atoms with Crippen molar-refractivity contribution in [2.75, 3.05) is 38.8 Å². The molecule has 1 aromatic rings. The van der Waals surface area contributed by atoms with Crippen LogP contribution in [0.3, 0.4) is 0 Å². The summed E-state index contributed by atoms with van der Waals surface area (Å²) in [5.41, 5.74) is -0.357. The fourth-order valence-electron chi connectivity index (χ4n) is 3.76. The molecular formula is C22H33ClN2O5.